The van der Waals surface area contributed by atoms with Crippen LogP contribution in [0.25, 0.3) is 0 Å². The number of hydrogen-bond donors (Lipinski definition) is 4. The maximum atomic E-state index is 12.1. The van der Waals surface area contributed by atoms with Gasteiger partial charge in [-0.3, -0.25) is 9.69 Å². The predicted octanol–water partition coefficient (Wildman–Crippen LogP) is 6.65. The van der Waals surface area contributed by atoms with Crippen molar-refractivity contribution < 1.29 is 20.1 Å². The van der Waals surface area contributed by atoms with Gasteiger partial charge in [-0.25, -0.2) is 0 Å². The van der Waals surface area contributed by atoms with Gasteiger partial charge >= 0.3 is 5.97 Å². The first-order valence-corrected chi connectivity index (χ1v) is 15.5. The van der Waals surface area contributed by atoms with Gasteiger partial charge in [-0.2, -0.15) is 0 Å². The van der Waals surface area contributed by atoms with Crippen molar-refractivity contribution in [2.45, 2.75) is 167 Å². The van der Waals surface area contributed by atoms with Crippen molar-refractivity contribution >= 4 is 5.97 Å². The van der Waals surface area contributed by atoms with E-state index >= 15 is 0 Å². The number of hydrogen-bond acceptors (Lipinski definition) is 5. The first kappa shape index (κ1) is 35.3. The number of aliphatic hydroxyl groups is 2. The van der Waals surface area contributed by atoms with Crippen LogP contribution in [-0.4, -0.2) is 64.1 Å². The van der Waals surface area contributed by atoms with Gasteiger partial charge in [0.1, 0.15) is 6.04 Å². The first-order chi connectivity index (χ1) is 17.5. The van der Waals surface area contributed by atoms with Crippen LogP contribution < -0.4 is 5.73 Å². The van der Waals surface area contributed by atoms with Crippen LogP contribution in [-0.2, 0) is 4.79 Å². The fourth-order valence-electron chi connectivity index (χ4n) is 5.02. The van der Waals surface area contributed by atoms with Crippen LogP contribution in [0, 0.1) is 0 Å². The summed E-state index contributed by atoms with van der Waals surface area (Å²) in [6, 6.07) is -0.682. The highest BCUT2D eigenvalue weighted by molar-refractivity contribution is 5.73. The van der Waals surface area contributed by atoms with Crippen molar-refractivity contribution in [3.8, 4) is 0 Å². The third-order valence-corrected chi connectivity index (χ3v) is 7.33. The summed E-state index contributed by atoms with van der Waals surface area (Å²) in [5.41, 5.74) is 5.61. The lowest BCUT2D eigenvalue weighted by atomic mass is 10.0. The number of nitrogens with two attached hydrogens (primary N) is 1. The van der Waals surface area contributed by atoms with Crippen LogP contribution in [0.4, 0.5) is 0 Å². The molecule has 0 aromatic carbocycles. The van der Waals surface area contributed by atoms with Gasteiger partial charge in [-0.1, -0.05) is 123 Å². The van der Waals surface area contributed by atoms with Crippen LogP contribution in [0.1, 0.15) is 149 Å². The van der Waals surface area contributed by atoms with Gasteiger partial charge in [0.05, 0.1) is 12.2 Å². The van der Waals surface area contributed by atoms with Crippen LogP contribution in [0.2, 0.25) is 0 Å². The number of carboxylic acid groups (broad SMARTS) is 1. The van der Waals surface area contributed by atoms with E-state index < -0.39 is 24.2 Å². The summed E-state index contributed by atoms with van der Waals surface area (Å²) in [7, 11) is 0. The molecule has 0 saturated heterocycles. The molecule has 0 unspecified atom stereocenters. The molecular weight excluding hydrogens is 452 g/mol. The Bertz CT molecular complexity index is 450. The number of aliphatic hydroxyl groups excluding tert-OH is 2. The van der Waals surface area contributed by atoms with Crippen molar-refractivity contribution in [2.24, 2.45) is 5.73 Å². The minimum Gasteiger partial charge on any atom is -0.480 e. The first-order valence-electron chi connectivity index (χ1n) is 15.5. The zero-order valence-corrected chi connectivity index (χ0v) is 24.0. The highest BCUT2D eigenvalue weighted by Gasteiger charge is 2.28. The Balaban J connectivity index is 4.55. The summed E-state index contributed by atoms with van der Waals surface area (Å²) in [5.74, 6) is -0.870. The molecule has 0 bridgehead atoms. The van der Waals surface area contributed by atoms with E-state index in [0.717, 1.165) is 38.5 Å². The van der Waals surface area contributed by atoms with E-state index in [1.807, 2.05) is 4.90 Å². The van der Waals surface area contributed by atoms with E-state index in [4.69, 9.17) is 5.73 Å². The van der Waals surface area contributed by atoms with Crippen molar-refractivity contribution in [1.82, 2.24) is 4.90 Å². The standard InChI is InChI=1S/C30H62N2O4/c1-3-5-7-9-11-13-15-17-21-27(33)25-32(29(30(35)36)23-19-20-24-31)26-28(34)22-18-16-14-12-10-8-6-4-2/h27-29,33-34H,3-26,31H2,1-2H3,(H,35,36)/t27-,28-,29+/m1/s1. The van der Waals surface area contributed by atoms with Crippen LogP contribution in [0.3, 0.4) is 0 Å². The van der Waals surface area contributed by atoms with Gasteiger partial charge < -0.3 is 21.1 Å². The summed E-state index contributed by atoms with van der Waals surface area (Å²) in [6.07, 6.45) is 21.8. The van der Waals surface area contributed by atoms with Gasteiger partial charge in [0.15, 0.2) is 0 Å². The third-order valence-electron chi connectivity index (χ3n) is 7.33. The quantitative estimate of drug-likeness (QED) is 0.0870. The topological polar surface area (TPSA) is 107 Å². The molecule has 0 saturated carbocycles. The average molecular weight is 515 g/mol. The van der Waals surface area contributed by atoms with Crippen LogP contribution in [0.15, 0.2) is 0 Å². The molecule has 0 aliphatic rings. The zero-order valence-electron chi connectivity index (χ0n) is 24.0. The number of rotatable bonds is 28. The van der Waals surface area contributed by atoms with Gasteiger partial charge in [-0.05, 0) is 32.2 Å². The Kier molecular flexibility index (Phi) is 25.4. The second-order valence-corrected chi connectivity index (χ2v) is 10.9. The molecule has 0 aliphatic carbocycles. The largest absolute Gasteiger partial charge is 0.480 e. The van der Waals surface area contributed by atoms with Crippen molar-refractivity contribution in [1.29, 1.82) is 0 Å². The molecule has 0 fully saturated rings. The van der Waals surface area contributed by atoms with E-state index in [2.05, 4.69) is 13.8 Å². The molecule has 0 aromatic rings. The number of carboxylic acids is 1. The Morgan fingerprint density at radius 3 is 1.33 bits per heavy atom. The molecule has 0 heterocycles. The molecule has 0 amide bonds. The monoisotopic (exact) mass is 514 g/mol. The maximum Gasteiger partial charge on any atom is 0.320 e. The molecule has 6 nitrogen and oxygen atoms in total. The molecule has 216 valence electrons. The number of unbranched alkanes of at least 4 members (excludes halogenated alkanes) is 15. The Hall–Kier alpha value is -0.690. The van der Waals surface area contributed by atoms with E-state index in [1.54, 1.807) is 0 Å². The lowest BCUT2D eigenvalue weighted by Gasteiger charge is -2.32. The van der Waals surface area contributed by atoms with E-state index in [9.17, 15) is 20.1 Å². The Morgan fingerprint density at radius 2 is 0.972 bits per heavy atom. The number of aliphatic carboxylic acids is 1. The highest BCUT2D eigenvalue weighted by Crippen LogP contribution is 2.17. The maximum absolute atomic E-state index is 12.1. The van der Waals surface area contributed by atoms with Gasteiger partial charge in [0, 0.05) is 13.1 Å². The lowest BCUT2D eigenvalue weighted by molar-refractivity contribution is -0.144. The molecule has 6 heteroatoms. The molecular formula is C30H62N2O4. The van der Waals surface area contributed by atoms with Crippen molar-refractivity contribution in [3.05, 3.63) is 0 Å². The minimum atomic E-state index is -0.870. The van der Waals surface area contributed by atoms with Crippen molar-refractivity contribution in [2.75, 3.05) is 19.6 Å². The second-order valence-electron chi connectivity index (χ2n) is 10.9. The number of nitrogens with zero attached hydrogens (tertiary/aromatic N) is 1. The van der Waals surface area contributed by atoms with Crippen molar-refractivity contribution in [3.63, 3.8) is 0 Å². The fraction of sp³-hybridized carbons (Fsp3) is 0.967. The lowest BCUT2D eigenvalue weighted by Crippen LogP contribution is -2.48. The zero-order chi connectivity index (χ0) is 26.9. The molecule has 0 rings (SSSR count). The summed E-state index contributed by atoms with van der Waals surface area (Å²) >= 11 is 0. The molecule has 36 heavy (non-hydrogen) atoms. The van der Waals surface area contributed by atoms with E-state index in [1.165, 1.54) is 77.0 Å². The summed E-state index contributed by atoms with van der Waals surface area (Å²) in [5, 5.41) is 31.3. The smallest absolute Gasteiger partial charge is 0.320 e. The van der Waals surface area contributed by atoms with E-state index in [-0.39, 0.29) is 0 Å². The van der Waals surface area contributed by atoms with E-state index in [0.29, 0.717) is 38.9 Å². The van der Waals surface area contributed by atoms with Gasteiger partial charge in [-0.15, -0.1) is 0 Å². The van der Waals surface area contributed by atoms with Gasteiger partial charge in [0.25, 0.3) is 0 Å². The Labute approximate surface area is 223 Å². The van der Waals surface area contributed by atoms with Crippen LogP contribution >= 0.6 is 0 Å². The molecule has 0 radical (unpaired) electrons. The predicted molar refractivity (Wildman–Crippen MR) is 152 cm³/mol. The number of carbonyl (C=O) groups is 1. The minimum absolute atomic E-state index is 0.310. The summed E-state index contributed by atoms with van der Waals surface area (Å²) < 4.78 is 0. The SMILES string of the molecule is CCCCCCCCCC[C@@H](O)CN(C[C@H](O)CCCCCCCCCC)[C@@H](CCCCN)C(=O)O. The fourth-order valence-corrected chi connectivity index (χ4v) is 5.02. The Morgan fingerprint density at radius 1 is 0.611 bits per heavy atom. The highest BCUT2D eigenvalue weighted by atomic mass is 16.4. The van der Waals surface area contributed by atoms with Gasteiger partial charge in [0.2, 0.25) is 0 Å². The molecule has 3 atom stereocenters. The summed E-state index contributed by atoms with van der Waals surface area (Å²) in [4.78, 5) is 13.9. The van der Waals surface area contributed by atoms with Crippen LogP contribution in [0.5, 0.6) is 0 Å². The third kappa shape index (κ3) is 21.4. The molecule has 0 aromatic heterocycles. The molecule has 0 spiro atoms. The summed E-state index contributed by atoms with van der Waals surface area (Å²) in [6.45, 7) is 5.63. The molecule has 5 N–H and O–H groups in total. The normalized spacial score (nSPS) is 14.3. The second kappa shape index (κ2) is 25.9. The molecule has 0 aliphatic heterocycles. The average Bonchev–Trinajstić information content (AvgIpc) is 2.84.